The van der Waals surface area contributed by atoms with Crippen molar-refractivity contribution in [2.75, 3.05) is 0 Å². The predicted octanol–water partition coefficient (Wildman–Crippen LogP) is 0.752. The predicted molar refractivity (Wildman–Crippen MR) is 139 cm³/mol. The van der Waals surface area contributed by atoms with E-state index >= 15 is 0 Å². The fourth-order valence-corrected chi connectivity index (χ4v) is 9.59. The van der Waals surface area contributed by atoms with E-state index in [2.05, 4.69) is 69.4 Å². The van der Waals surface area contributed by atoms with E-state index in [0.717, 1.165) is 0 Å². The van der Waals surface area contributed by atoms with E-state index < -0.39 is 8.07 Å². The van der Waals surface area contributed by atoms with Gasteiger partial charge in [0.2, 0.25) is 0 Å². The van der Waals surface area contributed by atoms with Crippen LogP contribution in [0.3, 0.4) is 0 Å². The van der Waals surface area contributed by atoms with Crippen molar-refractivity contribution in [1.82, 2.24) is 0 Å². The molecule has 4 aromatic rings. The van der Waals surface area contributed by atoms with Crippen LogP contribution in [0.25, 0.3) is 21.5 Å². The zero-order valence-electron chi connectivity index (χ0n) is 21.6. The second kappa shape index (κ2) is 9.26. The first kappa shape index (κ1) is 25.2. The first-order valence-electron chi connectivity index (χ1n) is 12.4. The molecule has 0 heterocycles. The SMILES string of the molecule is CCC(C)c1cc([Si](C)(C)c2cc[c-]3cc4c(cc23)CCC4)c2cc3c(c[c-]12)CCC3.[Li+].[Li+]. The van der Waals surface area contributed by atoms with Gasteiger partial charge in [0.25, 0.3) is 0 Å². The summed E-state index contributed by atoms with van der Waals surface area (Å²) in [6, 6.07) is 17.7. The summed E-state index contributed by atoms with van der Waals surface area (Å²) in [5.74, 6) is 0.625. The van der Waals surface area contributed by atoms with E-state index in [9.17, 15) is 0 Å². The largest absolute Gasteiger partial charge is 1.00 e. The summed E-state index contributed by atoms with van der Waals surface area (Å²) in [5.41, 5.74) is 8.03. The molecule has 4 aromatic carbocycles. The minimum Gasteiger partial charge on any atom is -0.151 e. The van der Waals surface area contributed by atoms with Gasteiger partial charge in [0, 0.05) is 8.07 Å². The molecule has 0 aliphatic heterocycles. The Morgan fingerprint density at radius 2 is 1.42 bits per heavy atom. The zero-order chi connectivity index (χ0) is 21.3. The molecule has 0 spiro atoms. The van der Waals surface area contributed by atoms with E-state index in [0.29, 0.717) is 5.92 Å². The van der Waals surface area contributed by atoms with Crippen LogP contribution in [0, 0.1) is 0 Å². The van der Waals surface area contributed by atoms with Crippen molar-refractivity contribution in [3.05, 3.63) is 70.3 Å². The van der Waals surface area contributed by atoms with Crippen LogP contribution in [-0.4, -0.2) is 8.07 Å². The summed E-state index contributed by atoms with van der Waals surface area (Å²) >= 11 is 0. The van der Waals surface area contributed by atoms with Gasteiger partial charge < -0.3 is 0 Å². The summed E-state index contributed by atoms with van der Waals surface area (Å²) in [4.78, 5) is 0. The van der Waals surface area contributed by atoms with Gasteiger partial charge in [0.1, 0.15) is 0 Å². The third-order valence-corrected chi connectivity index (χ3v) is 12.1. The van der Waals surface area contributed by atoms with Crippen molar-refractivity contribution in [2.24, 2.45) is 0 Å². The van der Waals surface area contributed by atoms with Gasteiger partial charge in [-0.1, -0.05) is 69.8 Å². The van der Waals surface area contributed by atoms with Gasteiger partial charge in [-0.15, -0.1) is 85.4 Å². The van der Waals surface area contributed by atoms with Crippen molar-refractivity contribution in [1.29, 1.82) is 0 Å². The van der Waals surface area contributed by atoms with Gasteiger partial charge in [0.05, 0.1) is 0 Å². The fourth-order valence-electron chi connectivity index (χ4n) is 6.51. The maximum atomic E-state index is 2.63. The first-order chi connectivity index (χ1) is 15.0. The maximum absolute atomic E-state index is 2.63. The van der Waals surface area contributed by atoms with Crippen LogP contribution in [0.4, 0.5) is 0 Å². The molecule has 33 heavy (non-hydrogen) atoms. The maximum Gasteiger partial charge on any atom is 1.00 e. The number of hydrogen-bond donors (Lipinski definition) is 0. The van der Waals surface area contributed by atoms with Crippen LogP contribution >= 0.6 is 0 Å². The molecule has 0 N–H and O–H groups in total. The Labute approximate surface area is 224 Å². The Bertz CT molecular complexity index is 1320. The molecule has 6 rings (SSSR count). The summed E-state index contributed by atoms with van der Waals surface area (Å²) in [5, 5.41) is 9.44. The Balaban J connectivity index is 0.00000130. The summed E-state index contributed by atoms with van der Waals surface area (Å²) in [6.07, 6.45) is 8.94. The molecular weight excluding hydrogens is 402 g/mol. The molecule has 0 saturated carbocycles. The molecule has 3 heteroatoms. The molecule has 1 atom stereocenters. The van der Waals surface area contributed by atoms with Gasteiger partial charge in [-0.2, -0.15) is 6.07 Å². The molecule has 2 aliphatic carbocycles. The van der Waals surface area contributed by atoms with Crippen molar-refractivity contribution in [2.45, 2.75) is 77.8 Å². The molecular formula is C30H34Li2Si. The summed E-state index contributed by atoms with van der Waals surface area (Å²) in [7, 11) is -1.84. The Morgan fingerprint density at radius 3 is 2.09 bits per heavy atom. The van der Waals surface area contributed by atoms with Gasteiger partial charge in [-0.3, -0.25) is 0 Å². The number of rotatable bonds is 4. The molecule has 0 saturated heterocycles. The van der Waals surface area contributed by atoms with Gasteiger partial charge in [0.15, 0.2) is 0 Å². The van der Waals surface area contributed by atoms with Gasteiger partial charge in [-0.05, 0) is 18.8 Å². The molecule has 2 aliphatic rings. The fraction of sp³-hybridized carbons (Fsp3) is 0.400. The Morgan fingerprint density at radius 1 is 0.818 bits per heavy atom. The molecule has 0 bridgehead atoms. The van der Waals surface area contributed by atoms with Crippen LogP contribution in [0.15, 0.2) is 42.5 Å². The molecule has 0 nitrogen and oxygen atoms in total. The second-order valence-electron chi connectivity index (χ2n) is 10.8. The normalized spacial score (nSPS) is 15.9. The van der Waals surface area contributed by atoms with Crippen LogP contribution in [-0.2, 0) is 25.7 Å². The van der Waals surface area contributed by atoms with Crippen molar-refractivity contribution in [3.63, 3.8) is 0 Å². The minimum absolute atomic E-state index is 0. The van der Waals surface area contributed by atoms with Crippen molar-refractivity contribution in [3.8, 4) is 0 Å². The van der Waals surface area contributed by atoms with Crippen LogP contribution in [0.2, 0.25) is 13.1 Å². The quantitative estimate of drug-likeness (QED) is 0.327. The molecule has 0 aromatic heterocycles. The molecule has 1 unspecified atom stereocenters. The molecule has 0 amide bonds. The average molecular weight is 437 g/mol. The van der Waals surface area contributed by atoms with E-state index in [-0.39, 0.29) is 37.7 Å². The minimum atomic E-state index is -1.84. The van der Waals surface area contributed by atoms with Crippen LogP contribution in [0.5, 0.6) is 0 Å². The summed E-state index contributed by atoms with van der Waals surface area (Å²) in [6.45, 7) is 9.95. The average Bonchev–Trinajstić information content (AvgIpc) is 3.53. The first-order valence-corrected chi connectivity index (χ1v) is 15.4. The second-order valence-corrected chi connectivity index (χ2v) is 15.1. The third kappa shape index (κ3) is 3.90. The molecule has 0 radical (unpaired) electrons. The standard InChI is InChI=1S/C30H34Si.2Li/c1-5-19(2)25-18-30(28-17-23-11-7-10-22(23)16-27(25)28)31(3,4)29-13-12-24-14-20-8-6-9-21(20)15-26(24)29;;/h12-19H,5-11H2,1-4H3;;/q-2;2*+1. The smallest absolute Gasteiger partial charge is 0.151 e. The van der Waals surface area contributed by atoms with E-state index in [4.69, 9.17) is 0 Å². The third-order valence-electron chi connectivity index (χ3n) is 8.61. The van der Waals surface area contributed by atoms with Gasteiger partial charge in [-0.25, -0.2) is 0 Å². The van der Waals surface area contributed by atoms with Gasteiger partial charge >= 0.3 is 37.7 Å². The van der Waals surface area contributed by atoms with E-state index in [1.807, 2.05) is 0 Å². The van der Waals surface area contributed by atoms with Crippen molar-refractivity contribution < 1.29 is 37.7 Å². The molecule has 0 fully saturated rings. The topological polar surface area (TPSA) is 0 Å². The Hall–Kier alpha value is -0.928. The van der Waals surface area contributed by atoms with Crippen LogP contribution in [0.1, 0.15) is 66.8 Å². The summed E-state index contributed by atoms with van der Waals surface area (Å²) < 4.78 is 0. The number of benzene rings is 2. The zero-order valence-corrected chi connectivity index (χ0v) is 22.6. The van der Waals surface area contributed by atoms with E-state index in [1.165, 1.54) is 55.7 Å². The number of aryl methyl sites for hydroxylation is 4. The van der Waals surface area contributed by atoms with Crippen molar-refractivity contribution >= 4 is 40.0 Å². The van der Waals surface area contributed by atoms with E-state index in [1.54, 1.807) is 49.0 Å². The molecule has 160 valence electrons. The number of hydrogen-bond acceptors (Lipinski definition) is 0. The Kier molecular flexibility index (Phi) is 7.07. The monoisotopic (exact) mass is 436 g/mol. The number of fused-ring (bicyclic) bond motifs is 4. The van der Waals surface area contributed by atoms with Crippen LogP contribution < -0.4 is 48.1 Å².